The minimum atomic E-state index is -4.42. The first-order valence-electron chi connectivity index (χ1n) is 5.70. The monoisotopic (exact) mass is 280 g/mol. The molecule has 0 aromatic heterocycles. The van der Waals surface area contributed by atoms with E-state index in [0.717, 1.165) is 12.1 Å². The lowest BCUT2D eigenvalue weighted by molar-refractivity contribution is -0.137. The van der Waals surface area contributed by atoms with Crippen LogP contribution in [-0.4, -0.2) is 6.29 Å². The molecule has 2 aromatic rings. The topological polar surface area (TPSA) is 55.1 Å². The third-order valence-electron chi connectivity index (χ3n) is 2.73. The zero-order chi connectivity index (χ0) is 14.8. The number of rotatable bonds is 3. The second-order valence-corrected chi connectivity index (χ2v) is 4.13. The standard InChI is InChI=1S/C14H11F3N2O/c15-14(16,17)9-3-1-4-10(7-9)19-13-6-2-5-12(18)11(13)8-20/h1-8,19H,18H2. The van der Waals surface area contributed by atoms with Gasteiger partial charge in [-0.3, -0.25) is 4.79 Å². The Hall–Kier alpha value is -2.50. The first kappa shape index (κ1) is 13.9. The molecule has 0 amide bonds. The highest BCUT2D eigenvalue weighted by atomic mass is 19.4. The normalized spacial score (nSPS) is 11.2. The molecule has 104 valence electrons. The van der Waals surface area contributed by atoms with E-state index in [4.69, 9.17) is 5.73 Å². The highest BCUT2D eigenvalue weighted by molar-refractivity contribution is 5.92. The average molecular weight is 280 g/mol. The molecule has 0 aliphatic heterocycles. The quantitative estimate of drug-likeness (QED) is 0.663. The molecule has 2 rings (SSSR count). The largest absolute Gasteiger partial charge is 0.416 e. The van der Waals surface area contributed by atoms with Crippen molar-refractivity contribution in [2.24, 2.45) is 0 Å². The van der Waals surface area contributed by atoms with Crippen molar-refractivity contribution in [2.75, 3.05) is 11.1 Å². The molecule has 0 saturated carbocycles. The lowest BCUT2D eigenvalue weighted by atomic mass is 10.1. The van der Waals surface area contributed by atoms with Crippen molar-refractivity contribution in [1.82, 2.24) is 0 Å². The summed E-state index contributed by atoms with van der Waals surface area (Å²) >= 11 is 0. The van der Waals surface area contributed by atoms with Crippen LogP contribution in [0.25, 0.3) is 0 Å². The van der Waals surface area contributed by atoms with Gasteiger partial charge in [0.15, 0.2) is 6.29 Å². The van der Waals surface area contributed by atoms with Crippen LogP contribution in [0.2, 0.25) is 0 Å². The first-order valence-corrected chi connectivity index (χ1v) is 5.70. The molecule has 0 atom stereocenters. The first-order chi connectivity index (χ1) is 9.41. The summed E-state index contributed by atoms with van der Waals surface area (Å²) in [6, 6.07) is 9.44. The van der Waals surface area contributed by atoms with Crippen molar-refractivity contribution in [3.05, 3.63) is 53.6 Å². The molecular weight excluding hydrogens is 269 g/mol. The summed E-state index contributed by atoms with van der Waals surface area (Å²) < 4.78 is 37.8. The minimum Gasteiger partial charge on any atom is -0.398 e. The van der Waals surface area contributed by atoms with Gasteiger partial charge in [-0.05, 0) is 30.3 Å². The van der Waals surface area contributed by atoms with Gasteiger partial charge < -0.3 is 11.1 Å². The number of hydrogen-bond donors (Lipinski definition) is 2. The minimum absolute atomic E-state index is 0.213. The van der Waals surface area contributed by atoms with Crippen LogP contribution in [0.5, 0.6) is 0 Å². The Kier molecular flexibility index (Phi) is 3.65. The predicted molar refractivity (Wildman–Crippen MR) is 71.0 cm³/mol. The van der Waals surface area contributed by atoms with Crippen LogP contribution in [0.1, 0.15) is 15.9 Å². The van der Waals surface area contributed by atoms with Crippen LogP contribution >= 0.6 is 0 Å². The average Bonchev–Trinajstić information content (AvgIpc) is 2.38. The molecule has 2 aromatic carbocycles. The summed E-state index contributed by atoms with van der Waals surface area (Å²) in [5.41, 5.74) is 5.93. The number of nitrogen functional groups attached to an aromatic ring is 1. The van der Waals surface area contributed by atoms with Crippen LogP contribution < -0.4 is 11.1 Å². The Balaban J connectivity index is 2.36. The highest BCUT2D eigenvalue weighted by Gasteiger charge is 2.30. The van der Waals surface area contributed by atoms with Gasteiger partial charge in [-0.2, -0.15) is 13.2 Å². The summed E-state index contributed by atoms with van der Waals surface area (Å²) in [6.45, 7) is 0. The zero-order valence-corrected chi connectivity index (χ0v) is 10.2. The summed E-state index contributed by atoms with van der Waals surface area (Å²) in [7, 11) is 0. The number of halogens is 3. The molecule has 0 saturated heterocycles. The molecule has 3 nitrogen and oxygen atoms in total. The van der Waals surface area contributed by atoms with E-state index < -0.39 is 11.7 Å². The third kappa shape index (κ3) is 2.90. The van der Waals surface area contributed by atoms with Gasteiger partial charge in [-0.25, -0.2) is 0 Å². The van der Waals surface area contributed by atoms with E-state index in [1.54, 1.807) is 18.2 Å². The van der Waals surface area contributed by atoms with Crippen molar-refractivity contribution in [2.45, 2.75) is 6.18 Å². The maximum atomic E-state index is 12.6. The Bertz CT molecular complexity index is 639. The fourth-order valence-corrected chi connectivity index (χ4v) is 1.75. The molecule has 0 aliphatic carbocycles. The van der Waals surface area contributed by atoms with E-state index in [9.17, 15) is 18.0 Å². The lowest BCUT2D eigenvalue weighted by Gasteiger charge is -2.12. The van der Waals surface area contributed by atoms with E-state index in [1.807, 2.05) is 0 Å². The molecule has 0 unspecified atom stereocenters. The van der Waals surface area contributed by atoms with Gasteiger partial charge in [-0.1, -0.05) is 12.1 Å². The number of hydrogen-bond acceptors (Lipinski definition) is 3. The summed E-state index contributed by atoms with van der Waals surface area (Å²) in [5, 5.41) is 2.77. The molecule has 0 fully saturated rings. The molecule has 0 radical (unpaired) electrons. The predicted octanol–water partition coefficient (Wildman–Crippen LogP) is 3.84. The number of benzene rings is 2. The number of carbonyl (C=O) groups excluding carboxylic acids is 1. The number of alkyl halides is 3. The molecule has 0 aliphatic rings. The Morgan fingerprint density at radius 3 is 2.45 bits per heavy atom. The number of carbonyl (C=O) groups is 1. The fourth-order valence-electron chi connectivity index (χ4n) is 1.75. The molecule has 0 spiro atoms. The van der Waals surface area contributed by atoms with Gasteiger partial charge in [0, 0.05) is 11.4 Å². The van der Waals surface area contributed by atoms with E-state index in [0.29, 0.717) is 12.0 Å². The smallest absolute Gasteiger partial charge is 0.398 e. The van der Waals surface area contributed by atoms with E-state index in [-0.39, 0.29) is 16.9 Å². The van der Waals surface area contributed by atoms with Crippen molar-refractivity contribution in [1.29, 1.82) is 0 Å². The van der Waals surface area contributed by atoms with Crippen LogP contribution in [0.15, 0.2) is 42.5 Å². The van der Waals surface area contributed by atoms with Gasteiger partial charge >= 0.3 is 6.18 Å². The Morgan fingerprint density at radius 2 is 1.80 bits per heavy atom. The second kappa shape index (κ2) is 5.24. The number of nitrogens with two attached hydrogens (primary N) is 1. The van der Waals surface area contributed by atoms with Gasteiger partial charge in [0.1, 0.15) is 0 Å². The fraction of sp³-hybridized carbons (Fsp3) is 0.0714. The van der Waals surface area contributed by atoms with Crippen molar-refractivity contribution in [3.63, 3.8) is 0 Å². The molecule has 0 bridgehead atoms. The van der Waals surface area contributed by atoms with Gasteiger partial charge in [0.2, 0.25) is 0 Å². The Labute approximate surface area is 113 Å². The molecular formula is C14H11F3N2O. The third-order valence-corrected chi connectivity index (χ3v) is 2.73. The van der Waals surface area contributed by atoms with E-state index in [1.165, 1.54) is 12.1 Å². The van der Waals surface area contributed by atoms with Crippen molar-refractivity contribution < 1.29 is 18.0 Å². The number of nitrogens with one attached hydrogen (secondary N) is 1. The summed E-state index contributed by atoms with van der Waals surface area (Å²) in [4.78, 5) is 11.0. The van der Waals surface area contributed by atoms with Crippen LogP contribution in [-0.2, 0) is 6.18 Å². The number of aldehydes is 1. The summed E-state index contributed by atoms with van der Waals surface area (Å²) in [6.07, 6.45) is -3.85. The molecule has 6 heteroatoms. The maximum absolute atomic E-state index is 12.6. The van der Waals surface area contributed by atoms with Gasteiger partial charge in [0.05, 0.1) is 16.8 Å². The molecule has 0 heterocycles. The molecule has 3 N–H and O–H groups in total. The van der Waals surface area contributed by atoms with E-state index in [2.05, 4.69) is 5.32 Å². The maximum Gasteiger partial charge on any atom is 0.416 e. The van der Waals surface area contributed by atoms with Crippen molar-refractivity contribution in [3.8, 4) is 0 Å². The zero-order valence-electron chi connectivity index (χ0n) is 10.2. The van der Waals surface area contributed by atoms with Crippen LogP contribution in [0.4, 0.5) is 30.2 Å². The van der Waals surface area contributed by atoms with Crippen molar-refractivity contribution >= 4 is 23.3 Å². The van der Waals surface area contributed by atoms with E-state index >= 15 is 0 Å². The second-order valence-electron chi connectivity index (χ2n) is 4.13. The van der Waals surface area contributed by atoms with Gasteiger partial charge in [-0.15, -0.1) is 0 Å². The molecule has 20 heavy (non-hydrogen) atoms. The van der Waals surface area contributed by atoms with Gasteiger partial charge in [0.25, 0.3) is 0 Å². The Morgan fingerprint density at radius 1 is 1.10 bits per heavy atom. The number of anilines is 3. The summed E-state index contributed by atoms with van der Waals surface area (Å²) in [5.74, 6) is 0. The van der Waals surface area contributed by atoms with Crippen LogP contribution in [0.3, 0.4) is 0 Å². The SMILES string of the molecule is Nc1cccc(Nc2cccc(C(F)(F)F)c2)c1C=O. The lowest BCUT2D eigenvalue weighted by Crippen LogP contribution is -2.05. The highest BCUT2D eigenvalue weighted by Crippen LogP contribution is 2.32. The van der Waals surface area contributed by atoms with Crippen LogP contribution in [0, 0.1) is 0 Å².